The van der Waals surface area contributed by atoms with E-state index in [0.29, 0.717) is 0 Å². The smallest absolute Gasteiger partial charge is 0.381 e. The average Bonchev–Trinajstić information content (AvgIpc) is 2.70. The molecule has 0 unspecified atom stereocenters. The van der Waals surface area contributed by atoms with Crippen LogP contribution in [0.1, 0.15) is 13.3 Å². The van der Waals surface area contributed by atoms with Gasteiger partial charge in [0.1, 0.15) is 5.41 Å². The van der Waals surface area contributed by atoms with Gasteiger partial charge in [0.15, 0.2) is 0 Å². The molecule has 1 heterocycles. The Labute approximate surface area is 97.9 Å². The van der Waals surface area contributed by atoms with Crippen molar-refractivity contribution in [3.63, 3.8) is 0 Å². The van der Waals surface area contributed by atoms with Crippen LogP contribution in [0.5, 0.6) is 0 Å². The van der Waals surface area contributed by atoms with Crippen LogP contribution in [-0.2, 0) is 9.53 Å². The fraction of sp³-hybridized carbons (Fsp3) is 0.900. The number of amides is 1. The molecule has 17 heavy (non-hydrogen) atoms. The molecule has 1 rings (SSSR count). The number of hydrogen-bond acceptors (Lipinski definition) is 3. The van der Waals surface area contributed by atoms with Gasteiger partial charge in [0, 0.05) is 19.7 Å². The van der Waals surface area contributed by atoms with Gasteiger partial charge in [-0.15, -0.1) is 0 Å². The Bertz CT molecular complexity index is 283. The molecule has 1 amide bonds. The monoisotopic (exact) mass is 254 g/mol. The van der Waals surface area contributed by atoms with E-state index in [0.717, 1.165) is 4.90 Å². The van der Waals surface area contributed by atoms with Crippen LogP contribution < -0.4 is 5.73 Å². The standard InChI is InChI=1S/C10H17F3N2O2/c1-2-17-7-9(10(11,12)13)3-4-15(6-9)8(16)5-14/h2-7,14H2,1H3/t9-/m1/s1. The molecule has 0 aromatic rings. The molecular weight excluding hydrogens is 237 g/mol. The topological polar surface area (TPSA) is 55.6 Å². The molecule has 0 saturated carbocycles. The van der Waals surface area contributed by atoms with Gasteiger partial charge in [0.05, 0.1) is 13.2 Å². The molecule has 0 spiro atoms. The highest BCUT2D eigenvalue weighted by Gasteiger charge is 2.58. The molecule has 1 aliphatic rings. The van der Waals surface area contributed by atoms with Crippen molar-refractivity contribution < 1.29 is 22.7 Å². The Morgan fingerprint density at radius 1 is 1.53 bits per heavy atom. The largest absolute Gasteiger partial charge is 0.398 e. The zero-order valence-electron chi connectivity index (χ0n) is 9.72. The maximum atomic E-state index is 13.0. The van der Waals surface area contributed by atoms with Crippen LogP contribution in [0, 0.1) is 5.41 Å². The van der Waals surface area contributed by atoms with E-state index >= 15 is 0 Å². The number of ether oxygens (including phenoxy) is 1. The van der Waals surface area contributed by atoms with Gasteiger partial charge in [-0.2, -0.15) is 13.2 Å². The van der Waals surface area contributed by atoms with Crippen LogP contribution in [0.3, 0.4) is 0 Å². The first-order valence-electron chi connectivity index (χ1n) is 5.48. The Morgan fingerprint density at radius 2 is 2.18 bits per heavy atom. The van der Waals surface area contributed by atoms with Gasteiger partial charge in [0.25, 0.3) is 0 Å². The molecule has 100 valence electrons. The summed E-state index contributed by atoms with van der Waals surface area (Å²) in [6, 6.07) is 0. The predicted octanol–water partition coefficient (Wildman–Crippen LogP) is 0.763. The highest BCUT2D eigenvalue weighted by molar-refractivity contribution is 5.78. The van der Waals surface area contributed by atoms with E-state index in [1.54, 1.807) is 6.92 Å². The summed E-state index contributed by atoms with van der Waals surface area (Å²) in [6.45, 7) is 0.934. The minimum atomic E-state index is -4.37. The molecule has 0 bridgehead atoms. The number of hydrogen-bond donors (Lipinski definition) is 1. The summed E-state index contributed by atoms with van der Waals surface area (Å²) in [4.78, 5) is 12.5. The number of alkyl halides is 3. The maximum absolute atomic E-state index is 13.0. The maximum Gasteiger partial charge on any atom is 0.398 e. The van der Waals surface area contributed by atoms with Crippen LogP contribution in [-0.4, -0.2) is 49.8 Å². The molecule has 7 heteroatoms. The van der Waals surface area contributed by atoms with Crippen molar-refractivity contribution in [1.82, 2.24) is 4.90 Å². The van der Waals surface area contributed by atoms with E-state index in [4.69, 9.17) is 10.5 Å². The molecule has 2 N–H and O–H groups in total. The molecule has 0 aromatic heterocycles. The van der Waals surface area contributed by atoms with Crippen molar-refractivity contribution in [2.45, 2.75) is 19.5 Å². The Kier molecular flexibility index (Phi) is 4.37. The van der Waals surface area contributed by atoms with Gasteiger partial charge in [-0.25, -0.2) is 0 Å². The van der Waals surface area contributed by atoms with Crippen molar-refractivity contribution in [3.8, 4) is 0 Å². The normalized spacial score (nSPS) is 25.4. The second-order valence-corrected chi connectivity index (χ2v) is 4.18. The van der Waals surface area contributed by atoms with Crippen LogP contribution in [0.15, 0.2) is 0 Å². The Hall–Kier alpha value is -0.820. The SMILES string of the molecule is CCOC[C@@]1(C(F)(F)F)CCN(C(=O)CN)C1. The lowest BCUT2D eigenvalue weighted by molar-refractivity contribution is -0.234. The Balaban J connectivity index is 2.78. The highest BCUT2D eigenvalue weighted by Crippen LogP contribution is 2.45. The second-order valence-electron chi connectivity index (χ2n) is 4.18. The molecule has 1 fully saturated rings. The van der Waals surface area contributed by atoms with Crippen molar-refractivity contribution in [3.05, 3.63) is 0 Å². The number of nitrogens with zero attached hydrogens (tertiary/aromatic N) is 1. The number of likely N-dealkylation sites (tertiary alicyclic amines) is 1. The number of rotatable bonds is 4. The lowest BCUT2D eigenvalue weighted by Gasteiger charge is -2.31. The number of nitrogens with two attached hydrogens (primary N) is 1. The fourth-order valence-corrected chi connectivity index (χ4v) is 1.94. The average molecular weight is 254 g/mol. The summed E-state index contributed by atoms with van der Waals surface area (Å²) >= 11 is 0. The lowest BCUT2D eigenvalue weighted by atomic mass is 9.87. The summed E-state index contributed by atoms with van der Waals surface area (Å²) in [7, 11) is 0. The first kappa shape index (κ1) is 14.2. The van der Waals surface area contributed by atoms with Crippen molar-refractivity contribution in [2.24, 2.45) is 11.1 Å². The van der Waals surface area contributed by atoms with Crippen molar-refractivity contribution in [1.29, 1.82) is 0 Å². The van der Waals surface area contributed by atoms with Crippen molar-refractivity contribution in [2.75, 3.05) is 32.8 Å². The first-order valence-corrected chi connectivity index (χ1v) is 5.48. The Morgan fingerprint density at radius 3 is 2.65 bits per heavy atom. The number of halogens is 3. The van der Waals surface area contributed by atoms with Gasteiger partial charge in [-0.05, 0) is 13.3 Å². The third kappa shape index (κ3) is 2.90. The summed E-state index contributed by atoms with van der Waals surface area (Å²) in [5.74, 6) is -0.451. The summed E-state index contributed by atoms with van der Waals surface area (Å²) in [5.41, 5.74) is 3.21. The third-order valence-electron chi connectivity index (χ3n) is 3.06. The number of carbonyl (C=O) groups is 1. The fourth-order valence-electron chi connectivity index (χ4n) is 1.94. The van der Waals surface area contributed by atoms with E-state index in [2.05, 4.69) is 0 Å². The molecule has 4 nitrogen and oxygen atoms in total. The van der Waals surface area contributed by atoms with E-state index in [-0.39, 0.29) is 32.7 Å². The van der Waals surface area contributed by atoms with Crippen LogP contribution >= 0.6 is 0 Å². The van der Waals surface area contributed by atoms with Gasteiger partial charge >= 0.3 is 6.18 Å². The summed E-state index contributed by atoms with van der Waals surface area (Å²) in [6.07, 6.45) is -4.49. The van der Waals surface area contributed by atoms with Crippen LogP contribution in [0.4, 0.5) is 13.2 Å². The van der Waals surface area contributed by atoms with E-state index in [9.17, 15) is 18.0 Å². The van der Waals surface area contributed by atoms with E-state index < -0.39 is 24.1 Å². The quantitative estimate of drug-likeness (QED) is 0.806. The minimum Gasteiger partial charge on any atom is -0.381 e. The highest BCUT2D eigenvalue weighted by atomic mass is 19.4. The lowest BCUT2D eigenvalue weighted by Crippen LogP contribution is -2.46. The molecule has 1 saturated heterocycles. The molecular formula is C10H17F3N2O2. The predicted molar refractivity (Wildman–Crippen MR) is 55.2 cm³/mol. The molecule has 0 radical (unpaired) electrons. The molecule has 0 aliphatic carbocycles. The van der Waals surface area contributed by atoms with Gasteiger partial charge < -0.3 is 15.4 Å². The third-order valence-corrected chi connectivity index (χ3v) is 3.06. The zero-order valence-corrected chi connectivity index (χ0v) is 9.72. The van der Waals surface area contributed by atoms with Crippen molar-refractivity contribution >= 4 is 5.91 Å². The van der Waals surface area contributed by atoms with Gasteiger partial charge in [0.2, 0.25) is 5.91 Å². The zero-order chi connectivity index (χ0) is 13.1. The summed E-state index contributed by atoms with van der Waals surface area (Å²) in [5, 5.41) is 0. The van der Waals surface area contributed by atoms with Crippen LogP contribution in [0.25, 0.3) is 0 Å². The molecule has 1 atom stereocenters. The molecule has 0 aromatic carbocycles. The summed E-state index contributed by atoms with van der Waals surface area (Å²) < 4.78 is 44.0. The van der Waals surface area contributed by atoms with E-state index in [1.807, 2.05) is 0 Å². The van der Waals surface area contributed by atoms with E-state index in [1.165, 1.54) is 0 Å². The van der Waals surface area contributed by atoms with Gasteiger partial charge in [-0.3, -0.25) is 4.79 Å². The minimum absolute atomic E-state index is 0.0859. The van der Waals surface area contributed by atoms with Crippen LogP contribution in [0.2, 0.25) is 0 Å². The van der Waals surface area contributed by atoms with Gasteiger partial charge in [-0.1, -0.05) is 0 Å². The first-order chi connectivity index (χ1) is 7.86. The second kappa shape index (κ2) is 5.22. The molecule has 1 aliphatic heterocycles. The number of carbonyl (C=O) groups excluding carboxylic acids is 1.